The number of hydrogen-bond donors (Lipinski definition) is 0. The summed E-state index contributed by atoms with van der Waals surface area (Å²) in [6.45, 7) is 6.07. The van der Waals surface area contributed by atoms with Crippen LogP contribution in [-0.4, -0.2) is 14.6 Å². The molecule has 0 aliphatic rings. The second kappa shape index (κ2) is 4.60. The third-order valence-electron chi connectivity index (χ3n) is 1.66. The van der Waals surface area contributed by atoms with E-state index in [0.29, 0.717) is 0 Å². The molecular weight excluding hydrogens is 162 g/mol. The fourth-order valence-electron chi connectivity index (χ4n) is 1.02. The molecule has 0 atom stereocenters. The molecule has 2 heterocycles. The molecule has 2 rings (SSSR count). The van der Waals surface area contributed by atoms with E-state index >= 15 is 0 Å². The van der Waals surface area contributed by atoms with Gasteiger partial charge < -0.3 is 0 Å². The molecule has 0 fully saturated rings. The predicted molar refractivity (Wildman–Crippen MR) is 53.7 cm³/mol. The highest BCUT2D eigenvalue weighted by Gasteiger charge is 1.94. The Hall–Kier alpha value is -1.38. The molecule has 0 aliphatic carbocycles. The smallest absolute Gasteiger partial charge is 0.153 e. The standard InChI is InChI=1S/C8H9N3.C2H6/c1-2-7-6-9-11-5-3-4-8(11)10-7;1-2/h3-6H,2H2,1H3;1-2H3. The van der Waals surface area contributed by atoms with Gasteiger partial charge in [0.2, 0.25) is 0 Å². The lowest BCUT2D eigenvalue weighted by Crippen LogP contribution is -1.95. The fraction of sp³-hybridized carbons (Fsp3) is 0.400. The predicted octanol–water partition coefficient (Wildman–Crippen LogP) is 2.32. The van der Waals surface area contributed by atoms with Crippen LogP contribution in [0, 0.1) is 0 Å². The Balaban J connectivity index is 0.000000396. The van der Waals surface area contributed by atoms with Crippen molar-refractivity contribution in [2.24, 2.45) is 0 Å². The van der Waals surface area contributed by atoms with Crippen LogP contribution < -0.4 is 0 Å². The summed E-state index contributed by atoms with van der Waals surface area (Å²) in [5.41, 5.74) is 1.96. The number of nitrogens with zero attached hydrogens (tertiary/aromatic N) is 3. The highest BCUT2D eigenvalue weighted by Crippen LogP contribution is 2.00. The zero-order chi connectivity index (χ0) is 9.68. The van der Waals surface area contributed by atoms with Gasteiger partial charge in [-0.1, -0.05) is 20.8 Å². The van der Waals surface area contributed by atoms with E-state index in [9.17, 15) is 0 Å². The molecule has 2 aromatic rings. The van der Waals surface area contributed by atoms with Crippen LogP contribution in [0.2, 0.25) is 0 Å². The number of aromatic nitrogens is 3. The average Bonchev–Trinajstić information content (AvgIpc) is 2.67. The Kier molecular flexibility index (Phi) is 3.43. The maximum atomic E-state index is 4.35. The van der Waals surface area contributed by atoms with Gasteiger partial charge in [-0.3, -0.25) is 0 Å². The Morgan fingerprint density at radius 2 is 2.15 bits per heavy atom. The minimum Gasteiger partial charge on any atom is -0.232 e. The van der Waals surface area contributed by atoms with E-state index in [1.54, 1.807) is 10.7 Å². The molecule has 2 aromatic heterocycles. The van der Waals surface area contributed by atoms with Crippen molar-refractivity contribution >= 4 is 5.65 Å². The third kappa shape index (κ3) is 2.05. The van der Waals surface area contributed by atoms with E-state index in [0.717, 1.165) is 17.8 Å². The Morgan fingerprint density at radius 1 is 1.38 bits per heavy atom. The first-order chi connectivity index (χ1) is 6.40. The van der Waals surface area contributed by atoms with Crippen LogP contribution in [0.15, 0.2) is 24.5 Å². The van der Waals surface area contributed by atoms with Gasteiger partial charge in [0.05, 0.1) is 11.9 Å². The molecular formula is C10H15N3. The van der Waals surface area contributed by atoms with Crippen molar-refractivity contribution < 1.29 is 0 Å². The van der Waals surface area contributed by atoms with Crippen LogP contribution in [-0.2, 0) is 6.42 Å². The monoisotopic (exact) mass is 177 g/mol. The topological polar surface area (TPSA) is 30.2 Å². The van der Waals surface area contributed by atoms with Crippen molar-refractivity contribution in [3.63, 3.8) is 0 Å². The number of fused-ring (bicyclic) bond motifs is 1. The summed E-state index contributed by atoms with van der Waals surface area (Å²) in [5.74, 6) is 0. The normalized spacial score (nSPS) is 9.46. The van der Waals surface area contributed by atoms with Gasteiger partial charge >= 0.3 is 0 Å². The average molecular weight is 177 g/mol. The van der Waals surface area contributed by atoms with E-state index in [-0.39, 0.29) is 0 Å². The Bertz CT molecular complexity index is 365. The Labute approximate surface area is 78.4 Å². The molecule has 3 heteroatoms. The molecule has 0 aromatic carbocycles. The van der Waals surface area contributed by atoms with Gasteiger partial charge in [-0.2, -0.15) is 5.10 Å². The zero-order valence-corrected chi connectivity index (χ0v) is 8.36. The lowest BCUT2D eigenvalue weighted by Gasteiger charge is -1.95. The molecule has 70 valence electrons. The highest BCUT2D eigenvalue weighted by molar-refractivity contribution is 5.36. The van der Waals surface area contributed by atoms with Crippen LogP contribution in [0.5, 0.6) is 0 Å². The first-order valence-electron chi connectivity index (χ1n) is 4.69. The van der Waals surface area contributed by atoms with Crippen molar-refractivity contribution in [3.05, 3.63) is 30.2 Å². The highest BCUT2D eigenvalue weighted by atomic mass is 15.2. The summed E-state index contributed by atoms with van der Waals surface area (Å²) in [6, 6.07) is 3.89. The van der Waals surface area contributed by atoms with Crippen molar-refractivity contribution in [2.45, 2.75) is 27.2 Å². The maximum absolute atomic E-state index is 4.35. The third-order valence-corrected chi connectivity index (χ3v) is 1.66. The lowest BCUT2D eigenvalue weighted by molar-refractivity contribution is 0.870. The SMILES string of the molecule is CC.CCc1cnn2cccc2n1. The van der Waals surface area contributed by atoms with Crippen LogP contribution in [0.25, 0.3) is 5.65 Å². The minimum absolute atomic E-state index is 0.921. The summed E-state index contributed by atoms with van der Waals surface area (Å²) >= 11 is 0. The molecule has 0 radical (unpaired) electrons. The van der Waals surface area contributed by atoms with E-state index in [1.807, 2.05) is 32.2 Å². The lowest BCUT2D eigenvalue weighted by atomic mass is 10.4. The van der Waals surface area contributed by atoms with Crippen molar-refractivity contribution in [1.82, 2.24) is 14.6 Å². The quantitative estimate of drug-likeness (QED) is 0.669. The summed E-state index contributed by atoms with van der Waals surface area (Å²) in [5, 5.41) is 4.17. The molecule has 3 nitrogen and oxygen atoms in total. The van der Waals surface area contributed by atoms with Gasteiger partial charge in [0.1, 0.15) is 0 Å². The Morgan fingerprint density at radius 3 is 2.85 bits per heavy atom. The van der Waals surface area contributed by atoms with Crippen LogP contribution in [0.4, 0.5) is 0 Å². The van der Waals surface area contributed by atoms with Crippen molar-refractivity contribution in [3.8, 4) is 0 Å². The molecule has 0 unspecified atom stereocenters. The van der Waals surface area contributed by atoms with Gasteiger partial charge in [0.25, 0.3) is 0 Å². The molecule has 0 N–H and O–H groups in total. The van der Waals surface area contributed by atoms with Crippen molar-refractivity contribution in [1.29, 1.82) is 0 Å². The number of hydrogen-bond acceptors (Lipinski definition) is 2. The van der Waals surface area contributed by atoms with Crippen LogP contribution in [0.3, 0.4) is 0 Å². The first kappa shape index (κ1) is 9.71. The van der Waals surface area contributed by atoms with Gasteiger partial charge in [-0.15, -0.1) is 0 Å². The summed E-state index contributed by atoms with van der Waals surface area (Å²) < 4.78 is 1.76. The van der Waals surface area contributed by atoms with E-state index < -0.39 is 0 Å². The molecule has 0 spiro atoms. The van der Waals surface area contributed by atoms with E-state index in [2.05, 4.69) is 17.0 Å². The summed E-state index contributed by atoms with van der Waals surface area (Å²) in [7, 11) is 0. The van der Waals surface area contributed by atoms with Crippen molar-refractivity contribution in [2.75, 3.05) is 0 Å². The molecule has 0 saturated heterocycles. The fourth-order valence-corrected chi connectivity index (χ4v) is 1.02. The second-order valence-electron chi connectivity index (χ2n) is 2.41. The molecule has 0 amide bonds. The van der Waals surface area contributed by atoms with Gasteiger partial charge in [-0.25, -0.2) is 9.50 Å². The van der Waals surface area contributed by atoms with E-state index in [4.69, 9.17) is 0 Å². The number of rotatable bonds is 1. The van der Waals surface area contributed by atoms with Crippen LogP contribution >= 0.6 is 0 Å². The summed E-state index contributed by atoms with van der Waals surface area (Å²) in [6.07, 6.45) is 4.63. The minimum atomic E-state index is 0.921. The molecule has 0 bridgehead atoms. The van der Waals surface area contributed by atoms with Gasteiger partial charge in [0.15, 0.2) is 5.65 Å². The van der Waals surface area contributed by atoms with Gasteiger partial charge in [0, 0.05) is 6.20 Å². The molecule has 13 heavy (non-hydrogen) atoms. The molecule has 0 saturated carbocycles. The maximum Gasteiger partial charge on any atom is 0.153 e. The largest absolute Gasteiger partial charge is 0.232 e. The van der Waals surface area contributed by atoms with E-state index in [1.165, 1.54) is 0 Å². The second-order valence-corrected chi connectivity index (χ2v) is 2.41. The molecule has 0 aliphatic heterocycles. The first-order valence-corrected chi connectivity index (χ1v) is 4.69. The zero-order valence-electron chi connectivity index (χ0n) is 8.36. The van der Waals surface area contributed by atoms with Crippen LogP contribution in [0.1, 0.15) is 26.5 Å². The van der Waals surface area contributed by atoms with Gasteiger partial charge in [-0.05, 0) is 18.6 Å². The summed E-state index contributed by atoms with van der Waals surface area (Å²) in [4.78, 5) is 4.35. The number of aryl methyl sites for hydroxylation is 1.